The maximum Gasteiger partial charge on any atom is 0.251 e. The van der Waals surface area contributed by atoms with Gasteiger partial charge in [0.25, 0.3) is 5.91 Å². The summed E-state index contributed by atoms with van der Waals surface area (Å²) in [5.41, 5.74) is 3.92. The standard InChI is InChI=1S/C26H29N5O4/c1-30-17-27-15-21(30)9-11-28-25(34)19-7-8-20-16-31(12-10-18-5-3-2-4-6-18)26(35)23(14-24(32)33)29-22(20)13-19/h2-8,13,15,17,23,29H,9-12,14,16H2,1H3,(H,28,34)(H,32,33)/p-1. The first kappa shape index (κ1) is 24.0. The SMILES string of the molecule is Cn1cncc1CCNC(=O)c1ccc2c(c1)NC(CC(=O)[O-])C(=O)N(CCc1ccccc1)C2. The van der Waals surface area contributed by atoms with Gasteiger partial charge < -0.3 is 30.0 Å². The summed E-state index contributed by atoms with van der Waals surface area (Å²) in [5.74, 6) is -1.86. The summed E-state index contributed by atoms with van der Waals surface area (Å²) >= 11 is 0. The first-order chi connectivity index (χ1) is 16.9. The van der Waals surface area contributed by atoms with Crippen molar-refractivity contribution in [3.63, 3.8) is 0 Å². The van der Waals surface area contributed by atoms with Crippen molar-refractivity contribution < 1.29 is 19.5 Å². The van der Waals surface area contributed by atoms with Gasteiger partial charge in [0.05, 0.1) is 6.33 Å². The number of hydrogen-bond donors (Lipinski definition) is 2. The number of carboxylic acid groups (broad SMARTS) is 1. The number of aliphatic carboxylic acids is 1. The molecule has 182 valence electrons. The second-order valence-corrected chi connectivity index (χ2v) is 8.64. The number of nitrogens with one attached hydrogen (secondary N) is 2. The number of fused-ring (bicyclic) bond motifs is 1. The van der Waals surface area contributed by atoms with Crippen molar-refractivity contribution in [3.8, 4) is 0 Å². The minimum Gasteiger partial charge on any atom is -0.550 e. The van der Waals surface area contributed by atoms with Crippen molar-refractivity contribution >= 4 is 23.5 Å². The van der Waals surface area contributed by atoms with E-state index in [1.54, 1.807) is 29.6 Å². The van der Waals surface area contributed by atoms with Gasteiger partial charge in [-0.25, -0.2) is 4.98 Å². The molecule has 1 aromatic heterocycles. The van der Waals surface area contributed by atoms with Crippen molar-refractivity contribution in [1.29, 1.82) is 0 Å². The van der Waals surface area contributed by atoms with Crippen LogP contribution in [0.15, 0.2) is 61.1 Å². The molecule has 0 bridgehead atoms. The summed E-state index contributed by atoms with van der Waals surface area (Å²) < 4.78 is 1.90. The number of carboxylic acids is 1. The summed E-state index contributed by atoms with van der Waals surface area (Å²) in [6.07, 6.45) is 4.31. The predicted octanol–water partition coefficient (Wildman–Crippen LogP) is 0.898. The van der Waals surface area contributed by atoms with Gasteiger partial charge in [-0.3, -0.25) is 9.59 Å². The molecule has 2 amide bonds. The molecule has 3 aromatic rings. The third-order valence-corrected chi connectivity index (χ3v) is 6.14. The van der Waals surface area contributed by atoms with Crippen LogP contribution in [0.5, 0.6) is 0 Å². The third-order valence-electron chi connectivity index (χ3n) is 6.14. The number of aryl methyl sites for hydroxylation is 1. The van der Waals surface area contributed by atoms with E-state index in [1.807, 2.05) is 48.0 Å². The van der Waals surface area contributed by atoms with Crippen LogP contribution in [-0.4, -0.2) is 51.4 Å². The lowest BCUT2D eigenvalue weighted by atomic mass is 10.1. The van der Waals surface area contributed by atoms with Crippen LogP contribution >= 0.6 is 0 Å². The topological polar surface area (TPSA) is 119 Å². The first-order valence-electron chi connectivity index (χ1n) is 11.6. The third kappa shape index (κ3) is 6.06. The van der Waals surface area contributed by atoms with Gasteiger partial charge in [-0.2, -0.15) is 0 Å². The Bertz CT molecular complexity index is 1210. The van der Waals surface area contributed by atoms with Gasteiger partial charge in [-0.1, -0.05) is 36.4 Å². The number of amides is 2. The van der Waals surface area contributed by atoms with Gasteiger partial charge in [0.1, 0.15) is 6.04 Å². The zero-order valence-electron chi connectivity index (χ0n) is 19.6. The van der Waals surface area contributed by atoms with Gasteiger partial charge in [0, 0.05) is 68.6 Å². The van der Waals surface area contributed by atoms with Crippen LogP contribution in [0.1, 0.15) is 33.6 Å². The number of hydrogen-bond acceptors (Lipinski definition) is 6. The number of carbonyl (C=O) groups excluding carboxylic acids is 3. The van der Waals surface area contributed by atoms with E-state index in [0.29, 0.717) is 43.7 Å². The second kappa shape index (κ2) is 10.9. The van der Waals surface area contributed by atoms with Crippen molar-refractivity contribution in [2.45, 2.75) is 31.8 Å². The number of benzene rings is 2. The van der Waals surface area contributed by atoms with E-state index in [2.05, 4.69) is 15.6 Å². The molecule has 1 aliphatic rings. The lowest BCUT2D eigenvalue weighted by molar-refractivity contribution is -0.305. The van der Waals surface area contributed by atoms with Gasteiger partial charge in [-0.05, 0) is 29.7 Å². The Morgan fingerprint density at radius 1 is 1.17 bits per heavy atom. The molecule has 0 radical (unpaired) electrons. The smallest absolute Gasteiger partial charge is 0.251 e. The molecule has 2 N–H and O–H groups in total. The minimum atomic E-state index is -1.31. The first-order valence-corrected chi connectivity index (χ1v) is 11.6. The van der Waals surface area contributed by atoms with Crippen molar-refractivity contribution in [3.05, 3.63) is 83.4 Å². The number of anilines is 1. The molecule has 9 heteroatoms. The Balaban J connectivity index is 1.48. The maximum absolute atomic E-state index is 13.2. The maximum atomic E-state index is 13.2. The molecule has 1 aliphatic heterocycles. The van der Waals surface area contributed by atoms with Gasteiger partial charge in [-0.15, -0.1) is 0 Å². The summed E-state index contributed by atoms with van der Waals surface area (Å²) in [7, 11) is 1.90. The zero-order valence-corrected chi connectivity index (χ0v) is 19.6. The molecule has 2 heterocycles. The highest BCUT2D eigenvalue weighted by molar-refractivity contribution is 5.96. The molecule has 0 aliphatic carbocycles. The Morgan fingerprint density at radius 2 is 1.97 bits per heavy atom. The van der Waals surface area contributed by atoms with E-state index in [-0.39, 0.29) is 11.8 Å². The molecule has 0 spiro atoms. The molecule has 0 saturated heterocycles. The van der Waals surface area contributed by atoms with Crippen LogP contribution in [0.3, 0.4) is 0 Å². The number of carbonyl (C=O) groups is 3. The molecule has 1 unspecified atom stereocenters. The molecule has 9 nitrogen and oxygen atoms in total. The van der Waals surface area contributed by atoms with Gasteiger partial charge in [0.15, 0.2) is 0 Å². The molecule has 1 atom stereocenters. The van der Waals surface area contributed by atoms with Crippen molar-refractivity contribution in [1.82, 2.24) is 19.8 Å². The molecule has 0 fully saturated rings. The Hall–Kier alpha value is -4.14. The number of imidazole rings is 1. The van der Waals surface area contributed by atoms with E-state index in [1.165, 1.54) is 0 Å². The van der Waals surface area contributed by atoms with Crippen LogP contribution in [0, 0.1) is 0 Å². The molecule has 2 aromatic carbocycles. The van der Waals surface area contributed by atoms with Crippen molar-refractivity contribution in [2.75, 3.05) is 18.4 Å². The summed E-state index contributed by atoms with van der Waals surface area (Å²) in [6.45, 7) is 1.21. The van der Waals surface area contributed by atoms with Crippen molar-refractivity contribution in [2.24, 2.45) is 7.05 Å². The highest BCUT2D eigenvalue weighted by Gasteiger charge is 2.29. The largest absolute Gasteiger partial charge is 0.550 e. The summed E-state index contributed by atoms with van der Waals surface area (Å²) in [5, 5.41) is 17.3. The Kier molecular flexibility index (Phi) is 7.45. The normalized spacial score (nSPS) is 15.2. The molecule has 35 heavy (non-hydrogen) atoms. The fourth-order valence-electron chi connectivity index (χ4n) is 4.18. The highest BCUT2D eigenvalue weighted by atomic mass is 16.4. The molecule has 0 saturated carbocycles. The van der Waals surface area contributed by atoms with Crippen LogP contribution < -0.4 is 15.7 Å². The van der Waals surface area contributed by atoms with E-state index >= 15 is 0 Å². The molecular weight excluding hydrogens is 446 g/mol. The van der Waals surface area contributed by atoms with E-state index in [4.69, 9.17) is 0 Å². The van der Waals surface area contributed by atoms with Crippen LogP contribution in [0.4, 0.5) is 5.69 Å². The van der Waals surface area contributed by atoms with Crippen LogP contribution in [0.2, 0.25) is 0 Å². The Morgan fingerprint density at radius 3 is 2.69 bits per heavy atom. The second-order valence-electron chi connectivity index (χ2n) is 8.64. The lowest BCUT2D eigenvalue weighted by Crippen LogP contribution is -2.44. The van der Waals surface area contributed by atoms with E-state index < -0.39 is 18.4 Å². The van der Waals surface area contributed by atoms with Crippen LogP contribution in [-0.2, 0) is 36.0 Å². The summed E-state index contributed by atoms with van der Waals surface area (Å²) in [4.78, 5) is 43.0. The number of nitrogens with zero attached hydrogens (tertiary/aromatic N) is 3. The average Bonchev–Trinajstić information content (AvgIpc) is 3.20. The lowest BCUT2D eigenvalue weighted by Gasteiger charge is -2.25. The zero-order chi connectivity index (χ0) is 24.8. The average molecular weight is 475 g/mol. The molecule has 4 rings (SSSR count). The fourth-order valence-corrected chi connectivity index (χ4v) is 4.18. The highest BCUT2D eigenvalue weighted by Crippen LogP contribution is 2.26. The van der Waals surface area contributed by atoms with Crippen LogP contribution in [0.25, 0.3) is 0 Å². The minimum absolute atomic E-state index is 0.246. The van der Waals surface area contributed by atoms with E-state index in [0.717, 1.165) is 16.8 Å². The van der Waals surface area contributed by atoms with Gasteiger partial charge in [0.2, 0.25) is 5.91 Å². The monoisotopic (exact) mass is 474 g/mol. The summed E-state index contributed by atoms with van der Waals surface area (Å²) in [6, 6.07) is 14.0. The Labute approximate surface area is 203 Å². The predicted molar refractivity (Wildman–Crippen MR) is 128 cm³/mol. The number of aromatic nitrogens is 2. The van der Waals surface area contributed by atoms with Gasteiger partial charge >= 0.3 is 0 Å². The van der Waals surface area contributed by atoms with E-state index in [9.17, 15) is 19.5 Å². The number of rotatable bonds is 9. The molecular formula is C26H28N5O4-. The fraction of sp³-hybridized carbons (Fsp3) is 0.308. The quantitative estimate of drug-likeness (QED) is 0.476.